The number of halogens is 3. The van der Waals surface area contributed by atoms with Crippen molar-refractivity contribution < 1.29 is 18.7 Å². The number of amides is 1. The molecular weight excluding hydrogens is 452 g/mol. The summed E-state index contributed by atoms with van der Waals surface area (Å²) in [5.41, 5.74) is -0.703. The van der Waals surface area contributed by atoms with E-state index >= 15 is 0 Å². The fourth-order valence-corrected chi connectivity index (χ4v) is 4.04. The van der Waals surface area contributed by atoms with E-state index in [9.17, 15) is 23.5 Å². The summed E-state index contributed by atoms with van der Waals surface area (Å²) in [6.07, 6.45) is -0.224. The second kappa shape index (κ2) is 9.47. The molecule has 1 heterocycles. The number of aromatic nitrogens is 2. The van der Waals surface area contributed by atoms with Crippen molar-refractivity contribution in [1.82, 2.24) is 14.5 Å². The number of rotatable bonds is 6. The van der Waals surface area contributed by atoms with Crippen molar-refractivity contribution in [2.45, 2.75) is 46.1 Å². The van der Waals surface area contributed by atoms with Gasteiger partial charge in [-0.2, -0.15) is 0 Å². The van der Waals surface area contributed by atoms with E-state index in [1.807, 2.05) is 27.7 Å². The van der Waals surface area contributed by atoms with Crippen molar-refractivity contribution in [3.63, 3.8) is 0 Å². The van der Waals surface area contributed by atoms with Crippen molar-refractivity contribution in [2.75, 3.05) is 6.54 Å². The molecular formula is C24H26ClF2N3O3. The molecule has 3 rings (SSSR count). The van der Waals surface area contributed by atoms with Crippen LogP contribution in [-0.2, 0) is 6.42 Å². The van der Waals surface area contributed by atoms with Gasteiger partial charge < -0.3 is 10.0 Å². The zero-order chi connectivity index (χ0) is 24.5. The van der Waals surface area contributed by atoms with Crippen LogP contribution in [0.5, 0.6) is 0 Å². The monoisotopic (exact) mass is 477 g/mol. The average molecular weight is 478 g/mol. The predicted molar refractivity (Wildman–Crippen MR) is 124 cm³/mol. The first-order chi connectivity index (χ1) is 15.4. The highest BCUT2D eigenvalue weighted by atomic mass is 35.5. The Bertz CT molecular complexity index is 1230. The summed E-state index contributed by atoms with van der Waals surface area (Å²) in [4.78, 5) is 30.9. The molecule has 1 N–H and O–H groups in total. The van der Waals surface area contributed by atoms with Crippen LogP contribution in [0.25, 0.3) is 16.6 Å². The fraction of sp³-hybridized carbons (Fsp3) is 0.375. The number of hydrogen-bond donors (Lipinski definition) is 1. The number of carbonyl (C=O) groups is 1. The van der Waals surface area contributed by atoms with Gasteiger partial charge in [0, 0.05) is 24.6 Å². The molecule has 0 aliphatic carbocycles. The summed E-state index contributed by atoms with van der Waals surface area (Å²) in [7, 11) is 0. The Morgan fingerprint density at radius 2 is 1.85 bits per heavy atom. The van der Waals surface area contributed by atoms with Gasteiger partial charge in [-0.25, -0.2) is 18.6 Å². The maximum Gasteiger partial charge on any atom is 0.407 e. The van der Waals surface area contributed by atoms with Crippen molar-refractivity contribution in [3.8, 4) is 5.69 Å². The molecule has 1 aromatic heterocycles. The highest BCUT2D eigenvalue weighted by molar-refractivity contribution is 6.35. The first-order valence-electron chi connectivity index (χ1n) is 10.6. The second-order valence-corrected chi connectivity index (χ2v) is 9.54. The third kappa shape index (κ3) is 5.50. The normalized spacial score (nSPS) is 12.7. The van der Waals surface area contributed by atoms with E-state index in [0.29, 0.717) is 17.8 Å². The Hall–Kier alpha value is -3.00. The SMILES string of the molecule is CC(CCN(C(=O)O)C(C)(C)C)Cc1nc2cccc(Cl)c2c(=O)n1-c1cc(F)cc(F)c1. The maximum absolute atomic E-state index is 14.0. The molecule has 0 radical (unpaired) electrons. The van der Waals surface area contributed by atoms with Crippen molar-refractivity contribution in [2.24, 2.45) is 5.92 Å². The Kier molecular flexibility index (Phi) is 7.07. The first-order valence-corrected chi connectivity index (χ1v) is 10.9. The van der Waals surface area contributed by atoms with E-state index in [4.69, 9.17) is 11.6 Å². The Morgan fingerprint density at radius 1 is 1.21 bits per heavy atom. The molecule has 0 saturated carbocycles. The molecule has 9 heteroatoms. The van der Waals surface area contributed by atoms with Gasteiger partial charge in [-0.3, -0.25) is 9.36 Å². The van der Waals surface area contributed by atoms with E-state index in [1.165, 1.54) is 9.47 Å². The predicted octanol–water partition coefficient (Wildman–Crippen LogP) is 5.66. The Balaban J connectivity index is 2.04. The van der Waals surface area contributed by atoms with E-state index in [2.05, 4.69) is 4.98 Å². The van der Waals surface area contributed by atoms with Crippen LogP contribution in [0.2, 0.25) is 5.02 Å². The minimum Gasteiger partial charge on any atom is -0.465 e. The van der Waals surface area contributed by atoms with E-state index in [1.54, 1.807) is 18.2 Å². The number of nitrogens with zero attached hydrogens (tertiary/aromatic N) is 3. The van der Waals surface area contributed by atoms with Crippen LogP contribution < -0.4 is 5.56 Å². The van der Waals surface area contributed by atoms with E-state index < -0.39 is 28.8 Å². The fourth-order valence-electron chi connectivity index (χ4n) is 3.79. The molecule has 0 aliphatic heterocycles. The lowest BCUT2D eigenvalue weighted by Crippen LogP contribution is -2.45. The largest absolute Gasteiger partial charge is 0.465 e. The standard InChI is InChI=1S/C24H26ClF2N3O3/c1-14(8-9-29(23(32)33)24(2,3)4)10-20-28-19-7-5-6-18(25)21(19)22(31)30(20)17-12-15(26)11-16(27)13-17/h5-7,11-14H,8-10H2,1-4H3,(H,32,33). The minimum atomic E-state index is -1.01. The number of hydrogen-bond acceptors (Lipinski definition) is 3. The van der Waals surface area contributed by atoms with Crippen LogP contribution in [0.15, 0.2) is 41.2 Å². The lowest BCUT2D eigenvalue weighted by Gasteiger charge is -2.34. The summed E-state index contributed by atoms with van der Waals surface area (Å²) in [6, 6.07) is 7.73. The highest BCUT2D eigenvalue weighted by Gasteiger charge is 2.26. The van der Waals surface area contributed by atoms with Crippen molar-refractivity contribution in [3.05, 3.63) is 69.2 Å². The van der Waals surface area contributed by atoms with Crippen LogP contribution in [0, 0.1) is 17.6 Å². The van der Waals surface area contributed by atoms with E-state index in [0.717, 1.165) is 18.2 Å². The van der Waals surface area contributed by atoms with Crippen LogP contribution >= 0.6 is 11.6 Å². The topological polar surface area (TPSA) is 75.4 Å². The van der Waals surface area contributed by atoms with Crippen LogP contribution in [0.4, 0.5) is 13.6 Å². The molecule has 2 aromatic carbocycles. The van der Waals surface area contributed by atoms with Crippen molar-refractivity contribution >= 4 is 28.6 Å². The van der Waals surface area contributed by atoms with Gasteiger partial charge in [0.25, 0.3) is 5.56 Å². The average Bonchev–Trinajstić information content (AvgIpc) is 2.65. The van der Waals surface area contributed by atoms with Gasteiger partial charge in [0.1, 0.15) is 17.5 Å². The van der Waals surface area contributed by atoms with Gasteiger partial charge in [0.2, 0.25) is 0 Å². The molecule has 0 aliphatic rings. The van der Waals surface area contributed by atoms with Gasteiger partial charge in [-0.1, -0.05) is 24.6 Å². The number of benzene rings is 2. The summed E-state index contributed by atoms with van der Waals surface area (Å²) in [5.74, 6) is -1.41. The molecule has 6 nitrogen and oxygen atoms in total. The Morgan fingerprint density at radius 3 is 2.42 bits per heavy atom. The molecule has 0 bridgehead atoms. The van der Waals surface area contributed by atoms with Gasteiger partial charge in [0.05, 0.1) is 21.6 Å². The van der Waals surface area contributed by atoms with Crippen LogP contribution in [0.1, 0.15) is 39.9 Å². The van der Waals surface area contributed by atoms with Gasteiger partial charge in [-0.15, -0.1) is 0 Å². The third-order valence-corrected chi connectivity index (χ3v) is 5.75. The first kappa shape index (κ1) is 24.6. The zero-order valence-corrected chi connectivity index (χ0v) is 19.7. The molecule has 1 atom stereocenters. The van der Waals surface area contributed by atoms with Crippen molar-refractivity contribution in [1.29, 1.82) is 0 Å². The van der Waals surface area contributed by atoms with Crippen LogP contribution in [-0.4, -0.2) is 37.7 Å². The van der Waals surface area contributed by atoms with Gasteiger partial charge >= 0.3 is 6.09 Å². The molecule has 1 unspecified atom stereocenters. The van der Waals surface area contributed by atoms with Gasteiger partial charge in [-0.05, 0) is 57.4 Å². The highest BCUT2D eigenvalue weighted by Crippen LogP contribution is 2.23. The van der Waals surface area contributed by atoms with Crippen LogP contribution in [0.3, 0.4) is 0 Å². The smallest absolute Gasteiger partial charge is 0.407 e. The number of carboxylic acid groups (broad SMARTS) is 1. The molecule has 1 amide bonds. The summed E-state index contributed by atoms with van der Waals surface area (Å²) in [6.45, 7) is 7.65. The molecule has 0 spiro atoms. The van der Waals surface area contributed by atoms with Gasteiger partial charge in [0.15, 0.2) is 0 Å². The third-order valence-electron chi connectivity index (χ3n) is 5.44. The maximum atomic E-state index is 14.0. The molecule has 0 fully saturated rings. The lowest BCUT2D eigenvalue weighted by atomic mass is 10.00. The summed E-state index contributed by atoms with van der Waals surface area (Å²) in [5, 5.41) is 9.87. The lowest BCUT2D eigenvalue weighted by molar-refractivity contribution is 0.0965. The second-order valence-electron chi connectivity index (χ2n) is 9.13. The van der Waals surface area contributed by atoms with E-state index in [-0.39, 0.29) is 35.0 Å². The molecule has 33 heavy (non-hydrogen) atoms. The molecule has 176 valence electrons. The summed E-state index contributed by atoms with van der Waals surface area (Å²) >= 11 is 6.24. The Labute approximate surface area is 195 Å². The minimum absolute atomic E-state index is 0.0101. The molecule has 0 saturated heterocycles. The zero-order valence-electron chi connectivity index (χ0n) is 18.9. The quantitative estimate of drug-likeness (QED) is 0.496. The summed E-state index contributed by atoms with van der Waals surface area (Å²) < 4.78 is 29.1. The number of fused-ring (bicyclic) bond motifs is 1. The molecule has 3 aromatic rings.